The number of ether oxygens (including phenoxy) is 1. The molecule has 3 aromatic rings. The van der Waals surface area contributed by atoms with Crippen molar-refractivity contribution in [2.75, 3.05) is 0 Å². The van der Waals surface area contributed by atoms with E-state index in [9.17, 15) is 23.2 Å². The SMILES string of the molecule is [3H]c1cc(C[C@@H](c2cccc(C#N)c2)[C@H](C)NC(=O)C(C)(C)Oc2ccc(C(F)(F)F)cn2)c([3H])cc1Cl. The van der Waals surface area contributed by atoms with Gasteiger partial charge in [0.2, 0.25) is 5.88 Å². The number of nitriles is 1. The summed E-state index contributed by atoms with van der Waals surface area (Å²) in [6.45, 7) is 4.69. The normalized spacial score (nSPS) is 14.2. The number of carbonyl (C=O) groups excluding carboxylic acids is 1. The van der Waals surface area contributed by atoms with Gasteiger partial charge in [0.15, 0.2) is 5.60 Å². The maximum Gasteiger partial charge on any atom is 0.417 e. The highest BCUT2D eigenvalue weighted by atomic mass is 35.5. The van der Waals surface area contributed by atoms with Crippen molar-refractivity contribution in [3.8, 4) is 11.9 Å². The summed E-state index contributed by atoms with van der Waals surface area (Å²) in [4.78, 5) is 16.9. The fourth-order valence-electron chi connectivity index (χ4n) is 3.57. The second-order valence-corrected chi connectivity index (χ2v) is 9.16. The first-order valence-electron chi connectivity index (χ1n) is 12.0. The van der Waals surface area contributed by atoms with Crippen molar-refractivity contribution >= 4 is 17.5 Å². The summed E-state index contributed by atoms with van der Waals surface area (Å²) in [6, 6.07) is 13.4. The number of hydrogen-bond donors (Lipinski definition) is 1. The van der Waals surface area contributed by atoms with Gasteiger partial charge in [-0.1, -0.05) is 35.8 Å². The predicted octanol–water partition coefficient (Wildman–Crippen LogP) is 6.31. The Kier molecular flexibility index (Phi) is 7.38. The fraction of sp³-hybridized carbons (Fsp3) is 0.296. The number of amides is 1. The van der Waals surface area contributed by atoms with E-state index < -0.39 is 35.2 Å². The van der Waals surface area contributed by atoms with Crippen LogP contribution in [0.1, 0.15) is 51.7 Å². The average Bonchev–Trinajstić information content (AvgIpc) is 2.84. The van der Waals surface area contributed by atoms with Crippen LogP contribution in [0.15, 0.2) is 66.8 Å². The molecule has 3 rings (SSSR count). The van der Waals surface area contributed by atoms with Crippen LogP contribution in [0.3, 0.4) is 0 Å². The quantitative estimate of drug-likeness (QED) is 0.378. The van der Waals surface area contributed by atoms with Crippen molar-refractivity contribution in [1.29, 1.82) is 5.26 Å². The maximum absolute atomic E-state index is 13.2. The van der Waals surface area contributed by atoms with Crippen LogP contribution in [-0.2, 0) is 17.4 Å². The van der Waals surface area contributed by atoms with Gasteiger partial charge in [0.05, 0.1) is 19.9 Å². The number of aromatic nitrogens is 1. The standard InChI is InChI=1S/C27H25ClF3N3O2/c1-17(34-25(35)26(2,3)36-24-12-9-21(16-33-24)27(29,30)31)23(14-18-7-10-22(28)11-8-18)20-6-4-5-19(13-20)15-32/h4-13,16-17,23H,14H2,1-3H3,(H,34,35)/t17-,23+/m0/s1/i7T,11T. The molecule has 0 saturated carbocycles. The van der Waals surface area contributed by atoms with Gasteiger partial charge in [-0.05, 0) is 68.6 Å². The molecule has 0 aliphatic rings. The van der Waals surface area contributed by atoms with Crippen LogP contribution >= 0.6 is 11.6 Å². The summed E-state index contributed by atoms with van der Waals surface area (Å²) < 4.78 is 60.4. The Bertz CT molecular complexity index is 1360. The van der Waals surface area contributed by atoms with Gasteiger partial charge in [0.25, 0.3) is 5.91 Å². The summed E-state index contributed by atoms with van der Waals surface area (Å²) >= 11 is 5.98. The Hall–Kier alpha value is -3.57. The molecule has 0 fully saturated rings. The van der Waals surface area contributed by atoms with Crippen molar-refractivity contribution in [3.63, 3.8) is 0 Å². The smallest absolute Gasteiger partial charge is 0.417 e. The van der Waals surface area contributed by atoms with E-state index in [-0.39, 0.29) is 29.4 Å². The zero-order valence-corrected chi connectivity index (χ0v) is 20.5. The lowest BCUT2D eigenvalue weighted by Gasteiger charge is -2.30. The average molecular weight is 520 g/mol. The van der Waals surface area contributed by atoms with Crippen molar-refractivity contribution in [3.05, 3.63) is 94.1 Å². The van der Waals surface area contributed by atoms with E-state index in [4.69, 9.17) is 19.1 Å². The van der Waals surface area contributed by atoms with E-state index in [1.807, 2.05) is 6.07 Å². The second-order valence-electron chi connectivity index (χ2n) is 8.76. The molecule has 9 heteroatoms. The maximum atomic E-state index is 13.2. The van der Waals surface area contributed by atoms with E-state index in [0.29, 0.717) is 17.3 Å². The molecule has 5 nitrogen and oxygen atoms in total. The lowest BCUT2D eigenvalue weighted by atomic mass is 9.85. The molecule has 0 aliphatic heterocycles. The van der Waals surface area contributed by atoms with E-state index >= 15 is 0 Å². The van der Waals surface area contributed by atoms with Crippen molar-refractivity contribution < 1.29 is 25.4 Å². The van der Waals surface area contributed by atoms with Gasteiger partial charge >= 0.3 is 6.18 Å². The number of nitrogens with zero attached hydrogens (tertiary/aromatic N) is 2. The van der Waals surface area contributed by atoms with Crippen LogP contribution in [0.4, 0.5) is 13.2 Å². The monoisotopic (exact) mass is 519 g/mol. The van der Waals surface area contributed by atoms with Gasteiger partial charge in [-0.15, -0.1) is 0 Å². The topological polar surface area (TPSA) is 75.0 Å². The van der Waals surface area contributed by atoms with Gasteiger partial charge < -0.3 is 10.1 Å². The van der Waals surface area contributed by atoms with Crippen molar-refractivity contribution in [2.24, 2.45) is 0 Å². The minimum atomic E-state index is -4.55. The Morgan fingerprint density at radius 2 is 1.97 bits per heavy atom. The molecular weight excluding hydrogens is 491 g/mol. The number of alkyl halides is 3. The third kappa shape index (κ3) is 6.98. The lowest BCUT2D eigenvalue weighted by molar-refractivity contribution is -0.138. The number of pyridine rings is 1. The van der Waals surface area contributed by atoms with Crippen LogP contribution < -0.4 is 10.1 Å². The zero-order chi connectivity index (χ0) is 28.3. The van der Waals surface area contributed by atoms with Gasteiger partial charge in [-0.2, -0.15) is 18.4 Å². The van der Waals surface area contributed by atoms with Crippen LogP contribution in [-0.4, -0.2) is 22.5 Å². The molecule has 0 aliphatic carbocycles. The largest absolute Gasteiger partial charge is 0.462 e. The molecule has 36 heavy (non-hydrogen) atoms. The Labute approximate surface area is 215 Å². The third-order valence-corrected chi connectivity index (χ3v) is 5.80. The molecule has 2 aromatic carbocycles. The summed E-state index contributed by atoms with van der Waals surface area (Å²) in [7, 11) is 0. The number of nitrogens with one attached hydrogen (secondary N) is 1. The highest BCUT2D eigenvalue weighted by Crippen LogP contribution is 2.30. The fourth-order valence-corrected chi connectivity index (χ4v) is 3.68. The van der Waals surface area contributed by atoms with Crippen LogP contribution in [0, 0.1) is 11.3 Å². The molecule has 2 atom stereocenters. The zero-order valence-electron chi connectivity index (χ0n) is 21.8. The first-order chi connectivity index (χ1) is 17.7. The minimum absolute atomic E-state index is 0.0671. The molecule has 0 saturated heterocycles. The molecule has 0 bridgehead atoms. The van der Waals surface area contributed by atoms with Crippen LogP contribution in [0.5, 0.6) is 5.88 Å². The molecule has 1 heterocycles. The van der Waals surface area contributed by atoms with E-state index in [0.717, 1.165) is 17.7 Å². The molecular formula is C27H25ClF3N3O2. The van der Waals surface area contributed by atoms with Crippen molar-refractivity contribution in [1.82, 2.24) is 10.3 Å². The summed E-state index contributed by atoms with van der Waals surface area (Å²) in [5.74, 6) is -1.10. The Balaban J connectivity index is 1.85. The van der Waals surface area contributed by atoms with Crippen molar-refractivity contribution in [2.45, 2.75) is 50.9 Å². The first-order valence-corrected chi connectivity index (χ1v) is 11.4. The number of benzene rings is 2. The minimum Gasteiger partial charge on any atom is -0.462 e. The number of carbonyl (C=O) groups is 1. The Morgan fingerprint density at radius 1 is 1.22 bits per heavy atom. The molecule has 1 N–H and O–H groups in total. The first kappa shape index (κ1) is 24.1. The van der Waals surface area contributed by atoms with Gasteiger partial charge in [0, 0.05) is 29.2 Å². The van der Waals surface area contributed by atoms with Gasteiger partial charge in [-0.3, -0.25) is 4.79 Å². The predicted molar refractivity (Wildman–Crippen MR) is 131 cm³/mol. The van der Waals surface area contributed by atoms with Gasteiger partial charge in [0.1, 0.15) is 0 Å². The summed E-state index contributed by atoms with van der Waals surface area (Å²) in [5.41, 5.74) is -0.727. The van der Waals surface area contributed by atoms with Crippen LogP contribution in [0.25, 0.3) is 0 Å². The molecule has 188 valence electrons. The number of halogens is 4. The van der Waals surface area contributed by atoms with E-state index in [1.54, 1.807) is 25.1 Å². The molecule has 0 radical (unpaired) electrons. The highest BCUT2D eigenvalue weighted by molar-refractivity contribution is 6.30. The lowest BCUT2D eigenvalue weighted by Crippen LogP contribution is -2.51. The summed E-state index contributed by atoms with van der Waals surface area (Å²) in [5, 5.41) is 12.4. The molecule has 1 aromatic heterocycles. The number of hydrogen-bond acceptors (Lipinski definition) is 4. The third-order valence-electron chi connectivity index (χ3n) is 5.58. The highest BCUT2D eigenvalue weighted by Gasteiger charge is 2.34. The van der Waals surface area contributed by atoms with E-state index in [1.165, 1.54) is 26.0 Å². The molecule has 0 unspecified atom stereocenters. The van der Waals surface area contributed by atoms with Gasteiger partial charge in [-0.25, -0.2) is 4.98 Å². The Morgan fingerprint density at radius 3 is 2.61 bits per heavy atom. The van der Waals surface area contributed by atoms with E-state index in [2.05, 4.69) is 16.4 Å². The second kappa shape index (κ2) is 11.0. The van der Waals surface area contributed by atoms with Crippen LogP contribution in [0.2, 0.25) is 5.02 Å². The summed E-state index contributed by atoms with van der Waals surface area (Å²) in [6.07, 6.45) is -3.65. The molecule has 1 amide bonds. The number of rotatable bonds is 8. The molecule has 0 spiro atoms.